The smallest absolute Gasteiger partial charge is 0.323 e. The molecule has 0 unspecified atom stereocenters. The number of rotatable bonds is 6. The number of hydrogen-bond donors (Lipinski definition) is 1. The van der Waals surface area contributed by atoms with E-state index in [9.17, 15) is 17.6 Å². The van der Waals surface area contributed by atoms with Crippen LogP contribution in [0.4, 0.5) is 4.39 Å². The summed E-state index contributed by atoms with van der Waals surface area (Å²) in [6.45, 7) is 0.927. The molecule has 0 saturated carbocycles. The molecule has 0 atom stereocenters. The number of aliphatic carboxylic acids is 1. The topological polar surface area (TPSA) is 79.6 Å². The van der Waals surface area contributed by atoms with Gasteiger partial charge in [0, 0.05) is 11.1 Å². The van der Waals surface area contributed by atoms with Gasteiger partial charge in [0.05, 0.1) is 12.1 Å². The van der Waals surface area contributed by atoms with Gasteiger partial charge in [-0.1, -0.05) is 30.3 Å². The molecule has 0 aliphatic carbocycles. The first kappa shape index (κ1) is 19.3. The highest BCUT2D eigenvalue weighted by atomic mass is 35.5. The predicted molar refractivity (Wildman–Crippen MR) is 99.3 cm³/mol. The highest BCUT2D eigenvalue weighted by molar-refractivity contribution is 7.90. The average Bonchev–Trinajstić information content (AvgIpc) is 2.87. The third-order valence-electron chi connectivity index (χ3n) is 4.19. The second-order valence-electron chi connectivity index (χ2n) is 5.99. The van der Waals surface area contributed by atoms with E-state index >= 15 is 0 Å². The molecule has 0 saturated heterocycles. The lowest BCUT2D eigenvalue weighted by molar-refractivity contribution is -0.137. The van der Waals surface area contributed by atoms with Gasteiger partial charge in [-0.2, -0.15) is 0 Å². The monoisotopic (exact) mass is 410 g/mol. The third kappa shape index (κ3) is 3.69. The van der Waals surface area contributed by atoms with Gasteiger partial charge in [0.2, 0.25) is 0 Å². The molecule has 0 amide bonds. The number of nitrogens with zero attached hydrogens (tertiary/aromatic N) is 2. The van der Waals surface area contributed by atoms with Crippen molar-refractivity contribution >= 4 is 38.7 Å². The Kier molecular flexibility index (Phi) is 5.23. The minimum absolute atomic E-state index is 0.0902. The Morgan fingerprint density at radius 2 is 1.89 bits per heavy atom. The SMILES string of the molecule is Cc1c(S(=O)(=O)N(Cl)Cc2ccccc2)c2cc(F)ccc2n1CC(=O)O. The van der Waals surface area contributed by atoms with E-state index in [2.05, 4.69) is 0 Å². The minimum Gasteiger partial charge on any atom is -0.480 e. The van der Waals surface area contributed by atoms with Crippen molar-refractivity contribution in [3.8, 4) is 0 Å². The fourth-order valence-electron chi connectivity index (χ4n) is 3.00. The summed E-state index contributed by atoms with van der Waals surface area (Å²) in [5, 5.41) is 9.23. The van der Waals surface area contributed by atoms with Crippen LogP contribution >= 0.6 is 11.8 Å². The van der Waals surface area contributed by atoms with Gasteiger partial charge in [-0.15, -0.1) is 3.82 Å². The molecule has 0 aliphatic rings. The van der Waals surface area contributed by atoms with E-state index < -0.39 is 28.4 Å². The van der Waals surface area contributed by atoms with Crippen molar-refractivity contribution in [3.63, 3.8) is 0 Å². The molecule has 142 valence electrons. The number of aromatic nitrogens is 1. The number of fused-ring (bicyclic) bond motifs is 1. The molecule has 27 heavy (non-hydrogen) atoms. The largest absolute Gasteiger partial charge is 0.480 e. The standard InChI is InChI=1S/C18H16ClFN2O4S/c1-12-18(27(25,26)22(19)10-13-5-3-2-4-6-13)15-9-14(20)7-8-16(15)21(12)11-17(23)24/h2-9H,10-11H2,1H3,(H,23,24). The summed E-state index contributed by atoms with van der Waals surface area (Å²) in [5.41, 5.74) is 1.16. The Bertz CT molecular complexity index is 1110. The molecule has 0 bridgehead atoms. The average molecular weight is 411 g/mol. The fraction of sp³-hybridized carbons (Fsp3) is 0.167. The van der Waals surface area contributed by atoms with Gasteiger partial charge in [-0.05, 0) is 42.5 Å². The van der Waals surface area contributed by atoms with E-state index in [1.807, 2.05) is 0 Å². The highest BCUT2D eigenvalue weighted by Crippen LogP contribution is 2.33. The molecule has 1 N–H and O–H groups in total. The molecule has 0 radical (unpaired) electrons. The number of benzene rings is 2. The van der Waals surface area contributed by atoms with Crippen molar-refractivity contribution in [2.75, 3.05) is 0 Å². The first-order valence-corrected chi connectivity index (χ1v) is 9.72. The predicted octanol–water partition coefficient (Wildman–Crippen LogP) is 3.52. The fourth-order valence-corrected chi connectivity index (χ4v) is 4.79. The van der Waals surface area contributed by atoms with Gasteiger partial charge < -0.3 is 9.67 Å². The maximum Gasteiger partial charge on any atom is 0.323 e. The van der Waals surface area contributed by atoms with Gasteiger partial charge >= 0.3 is 5.97 Å². The van der Waals surface area contributed by atoms with Crippen LogP contribution in [0.2, 0.25) is 0 Å². The van der Waals surface area contributed by atoms with Crippen molar-refractivity contribution in [2.45, 2.75) is 24.9 Å². The van der Waals surface area contributed by atoms with Crippen molar-refractivity contribution < 1.29 is 22.7 Å². The Balaban J connectivity index is 2.15. The van der Waals surface area contributed by atoms with Gasteiger partial charge in [-0.3, -0.25) is 4.79 Å². The van der Waals surface area contributed by atoms with Gasteiger partial charge in [0.1, 0.15) is 17.3 Å². The molecule has 2 aromatic carbocycles. The summed E-state index contributed by atoms with van der Waals surface area (Å²) in [5.74, 6) is -1.77. The maximum absolute atomic E-state index is 13.8. The van der Waals surface area contributed by atoms with Crippen molar-refractivity contribution in [2.24, 2.45) is 0 Å². The molecule has 0 spiro atoms. The van der Waals surface area contributed by atoms with Crippen LogP contribution in [0, 0.1) is 12.7 Å². The van der Waals surface area contributed by atoms with Crippen molar-refractivity contribution in [1.29, 1.82) is 0 Å². The highest BCUT2D eigenvalue weighted by Gasteiger charge is 2.31. The molecule has 1 aromatic heterocycles. The lowest BCUT2D eigenvalue weighted by atomic mass is 10.2. The van der Waals surface area contributed by atoms with Crippen LogP contribution in [0.5, 0.6) is 0 Å². The first-order chi connectivity index (χ1) is 12.7. The second-order valence-corrected chi connectivity index (χ2v) is 8.40. The van der Waals surface area contributed by atoms with E-state index in [1.165, 1.54) is 17.6 Å². The second kappa shape index (κ2) is 7.30. The zero-order chi connectivity index (χ0) is 19.8. The summed E-state index contributed by atoms with van der Waals surface area (Å²) < 4.78 is 41.9. The summed E-state index contributed by atoms with van der Waals surface area (Å²) in [6.07, 6.45) is 0. The third-order valence-corrected chi connectivity index (χ3v) is 6.54. The molecular formula is C18H16ClFN2O4S. The normalized spacial score (nSPS) is 12.0. The lowest BCUT2D eigenvalue weighted by Crippen LogP contribution is -2.22. The van der Waals surface area contributed by atoms with Crippen LogP contribution in [0.1, 0.15) is 11.3 Å². The van der Waals surface area contributed by atoms with E-state index in [0.717, 1.165) is 12.1 Å². The zero-order valence-electron chi connectivity index (χ0n) is 14.3. The number of carboxylic acid groups (broad SMARTS) is 1. The maximum atomic E-state index is 13.8. The van der Waals surface area contributed by atoms with E-state index in [-0.39, 0.29) is 22.5 Å². The molecule has 3 rings (SSSR count). The molecule has 0 aliphatic heterocycles. The number of halogens is 2. The van der Waals surface area contributed by atoms with Crippen LogP contribution in [-0.2, 0) is 27.9 Å². The lowest BCUT2D eigenvalue weighted by Gasteiger charge is -2.15. The number of carboxylic acids is 1. The van der Waals surface area contributed by atoms with Crippen molar-refractivity contribution in [3.05, 3.63) is 65.6 Å². The van der Waals surface area contributed by atoms with Gasteiger partial charge in [0.15, 0.2) is 0 Å². The quantitative estimate of drug-likeness (QED) is 0.630. The van der Waals surface area contributed by atoms with Crippen LogP contribution in [0.15, 0.2) is 53.4 Å². The van der Waals surface area contributed by atoms with Crippen molar-refractivity contribution in [1.82, 2.24) is 8.39 Å². The van der Waals surface area contributed by atoms with Crippen LogP contribution in [0.25, 0.3) is 10.9 Å². The summed E-state index contributed by atoms with van der Waals surface area (Å²) in [4.78, 5) is 11.0. The van der Waals surface area contributed by atoms with Gasteiger partial charge in [0.25, 0.3) is 10.0 Å². The van der Waals surface area contributed by atoms with Crippen LogP contribution < -0.4 is 0 Å². The minimum atomic E-state index is -4.21. The summed E-state index contributed by atoms with van der Waals surface area (Å²) >= 11 is 6.09. The number of sulfonamides is 1. The Morgan fingerprint density at radius 1 is 1.22 bits per heavy atom. The van der Waals surface area contributed by atoms with E-state index in [0.29, 0.717) is 14.9 Å². The molecule has 0 fully saturated rings. The summed E-state index contributed by atoms with van der Waals surface area (Å²) in [7, 11) is -4.21. The molecule has 6 nitrogen and oxygen atoms in total. The molecule has 1 heterocycles. The number of carbonyl (C=O) groups is 1. The van der Waals surface area contributed by atoms with Gasteiger partial charge in [-0.25, -0.2) is 12.8 Å². The molecule has 9 heteroatoms. The zero-order valence-corrected chi connectivity index (χ0v) is 15.8. The number of hydrogen-bond acceptors (Lipinski definition) is 3. The first-order valence-electron chi connectivity index (χ1n) is 7.94. The van der Waals surface area contributed by atoms with E-state index in [4.69, 9.17) is 16.9 Å². The van der Waals surface area contributed by atoms with E-state index in [1.54, 1.807) is 30.3 Å². The Hall–Kier alpha value is -2.42. The van der Waals surface area contributed by atoms with Crippen LogP contribution in [0.3, 0.4) is 0 Å². The Morgan fingerprint density at radius 3 is 2.52 bits per heavy atom. The van der Waals surface area contributed by atoms with Crippen LogP contribution in [-0.4, -0.2) is 27.9 Å². The Labute approximate surface area is 160 Å². The molecular weight excluding hydrogens is 395 g/mol. The summed E-state index contributed by atoms with van der Waals surface area (Å²) in [6, 6.07) is 12.3. The molecule has 3 aromatic rings.